The first-order valence-electron chi connectivity index (χ1n) is 7.32. The lowest BCUT2D eigenvalue weighted by atomic mass is 9.90. The summed E-state index contributed by atoms with van der Waals surface area (Å²) in [5, 5.41) is 6.53. The van der Waals surface area contributed by atoms with Gasteiger partial charge in [0.15, 0.2) is 0 Å². The zero-order valence-corrected chi connectivity index (χ0v) is 14.5. The van der Waals surface area contributed by atoms with Gasteiger partial charge in [0, 0.05) is 37.0 Å². The highest BCUT2D eigenvalue weighted by atomic mass is 35.5. The number of hydrogen-bond acceptors (Lipinski definition) is 4. The standard InChI is InChI=1S/C15H23N3O2S.ClH/c1-15(10-16)5-7-18(11-15)13(19)3-2-6-17-14(20)12-4-8-21-9-12;/h4,8-9H,2-3,5-7,10-11,16H2,1H3,(H,17,20);1H. The van der Waals surface area contributed by atoms with Gasteiger partial charge in [-0.15, -0.1) is 12.4 Å². The fraction of sp³-hybridized carbons (Fsp3) is 0.600. The van der Waals surface area contributed by atoms with Crippen molar-refractivity contribution in [2.75, 3.05) is 26.2 Å². The van der Waals surface area contributed by atoms with Crippen molar-refractivity contribution in [3.63, 3.8) is 0 Å². The fourth-order valence-electron chi connectivity index (χ4n) is 2.50. The molecule has 7 heteroatoms. The second-order valence-corrected chi connectivity index (χ2v) is 6.73. The second kappa shape index (κ2) is 8.50. The number of nitrogens with two attached hydrogens (primary N) is 1. The van der Waals surface area contributed by atoms with Gasteiger partial charge in [0.05, 0.1) is 0 Å². The second-order valence-electron chi connectivity index (χ2n) is 5.95. The van der Waals surface area contributed by atoms with Crippen molar-refractivity contribution >= 4 is 35.6 Å². The molecule has 5 nitrogen and oxygen atoms in total. The maximum atomic E-state index is 12.1. The predicted molar refractivity (Wildman–Crippen MR) is 91.5 cm³/mol. The largest absolute Gasteiger partial charge is 0.352 e. The summed E-state index contributed by atoms with van der Waals surface area (Å²) in [6, 6.07) is 1.79. The molecule has 1 atom stereocenters. The van der Waals surface area contributed by atoms with E-state index in [0.717, 1.165) is 19.5 Å². The van der Waals surface area contributed by atoms with Crippen LogP contribution in [-0.4, -0.2) is 42.9 Å². The number of amides is 2. The fourth-order valence-corrected chi connectivity index (χ4v) is 3.13. The van der Waals surface area contributed by atoms with Crippen LogP contribution in [0.1, 0.15) is 36.5 Å². The molecule has 1 saturated heterocycles. The Hall–Kier alpha value is -1.11. The number of rotatable bonds is 6. The molecule has 2 amide bonds. The van der Waals surface area contributed by atoms with E-state index in [4.69, 9.17) is 5.73 Å². The summed E-state index contributed by atoms with van der Waals surface area (Å²) in [4.78, 5) is 25.7. The molecule has 1 fully saturated rings. The quantitative estimate of drug-likeness (QED) is 0.773. The highest BCUT2D eigenvalue weighted by molar-refractivity contribution is 7.08. The third kappa shape index (κ3) is 4.97. The van der Waals surface area contributed by atoms with Crippen LogP contribution in [0.3, 0.4) is 0 Å². The Bertz CT molecular complexity index is 495. The van der Waals surface area contributed by atoms with Gasteiger partial charge in [-0.3, -0.25) is 9.59 Å². The minimum atomic E-state index is -0.0689. The number of carbonyl (C=O) groups is 2. The smallest absolute Gasteiger partial charge is 0.252 e. The molecule has 0 radical (unpaired) electrons. The van der Waals surface area contributed by atoms with E-state index < -0.39 is 0 Å². The molecule has 0 saturated carbocycles. The Balaban J connectivity index is 0.00000242. The first-order chi connectivity index (χ1) is 10.0. The lowest BCUT2D eigenvalue weighted by molar-refractivity contribution is -0.130. The Labute approximate surface area is 141 Å². The van der Waals surface area contributed by atoms with Gasteiger partial charge >= 0.3 is 0 Å². The number of halogens is 1. The molecule has 1 aromatic rings. The summed E-state index contributed by atoms with van der Waals surface area (Å²) >= 11 is 1.50. The summed E-state index contributed by atoms with van der Waals surface area (Å²) in [7, 11) is 0. The molecule has 3 N–H and O–H groups in total. The van der Waals surface area contributed by atoms with Crippen LogP contribution in [0.2, 0.25) is 0 Å². The Morgan fingerprint density at radius 2 is 2.27 bits per heavy atom. The van der Waals surface area contributed by atoms with Crippen molar-refractivity contribution in [2.24, 2.45) is 11.1 Å². The molecular weight excluding hydrogens is 322 g/mol. The van der Waals surface area contributed by atoms with E-state index in [1.807, 2.05) is 15.7 Å². The Morgan fingerprint density at radius 1 is 1.50 bits per heavy atom. The maximum absolute atomic E-state index is 12.1. The van der Waals surface area contributed by atoms with Crippen molar-refractivity contribution in [1.82, 2.24) is 10.2 Å². The number of hydrogen-bond donors (Lipinski definition) is 2. The van der Waals surface area contributed by atoms with Gasteiger partial charge in [0.25, 0.3) is 5.91 Å². The van der Waals surface area contributed by atoms with Crippen LogP contribution in [0.5, 0.6) is 0 Å². The highest BCUT2D eigenvalue weighted by Crippen LogP contribution is 2.28. The molecule has 22 heavy (non-hydrogen) atoms. The minimum absolute atomic E-state index is 0. The molecule has 0 bridgehead atoms. The topological polar surface area (TPSA) is 75.4 Å². The minimum Gasteiger partial charge on any atom is -0.352 e. The number of thiophene rings is 1. The van der Waals surface area contributed by atoms with Gasteiger partial charge in [-0.05, 0) is 36.2 Å². The summed E-state index contributed by atoms with van der Waals surface area (Å²) in [6.45, 7) is 4.83. The molecule has 2 heterocycles. The van der Waals surface area contributed by atoms with Crippen molar-refractivity contribution < 1.29 is 9.59 Å². The number of nitrogens with one attached hydrogen (secondary N) is 1. The molecule has 1 aliphatic heterocycles. The molecule has 0 aromatic carbocycles. The Morgan fingerprint density at radius 3 is 2.86 bits per heavy atom. The lowest BCUT2D eigenvalue weighted by Crippen LogP contribution is -2.34. The van der Waals surface area contributed by atoms with E-state index in [1.165, 1.54) is 11.3 Å². The Kier molecular flexibility index (Phi) is 7.32. The van der Waals surface area contributed by atoms with Crippen LogP contribution in [-0.2, 0) is 4.79 Å². The summed E-state index contributed by atoms with van der Waals surface area (Å²) < 4.78 is 0. The van der Waals surface area contributed by atoms with Gasteiger partial charge in [-0.25, -0.2) is 0 Å². The number of nitrogens with zero attached hydrogens (tertiary/aromatic N) is 1. The molecule has 1 unspecified atom stereocenters. The predicted octanol–water partition coefficient (Wildman–Crippen LogP) is 1.88. The molecule has 0 spiro atoms. The number of carbonyl (C=O) groups excluding carboxylic acids is 2. The van der Waals surface area contributed by atoms with E-state index in [2.05, 4.69) is 12.2 Å². The van der Waals surface area contributed by atoms with Crippen LogP contribution in [0, 0.1) is 5.41 Å². The van der Waals surface area contributed by atoms with E-state index in [-0.39, 0.29) is 29.6 Å². The third-order valence-corrected chi connectivity index (χ3v) is 4.72. The van der Waals surface area contributed by atoms with E-state index in [9.17, 15) is 9.59 Å². The van der Waals surface area contributed by atoms with Gasteiger partial charge in [0.1, 0.15) is 0 Å². The average Bonchev–Trinajstić information content (AvgIpc) is 3.13. The molecule has 2 rings (SSSR count). The van der Waals surface area contributed by atoms with Crippen molar-refractivity contribution in [1.29, 1.82) is 0 Å². The normalized spacial score (nSPS) is 20.5. The van der Waals surface area contributed by atoms with Crippen LogP contribution in [0.15, 0.2) is 16.8 Å². The van der Waals surface area contributed by atoms with Crippen LogP contribution in [0.25, 0.3) is 0 Å². The number of likely N-dealkylation sites (tertiary alicyclic amines) is 1. The highest BCUT2D eigenvalue weighted by Gasteiger charge is 2.34. The van der Waals surface area contributed by atoms with Crippen molar-refractivity contribution in [3.05, 3.63) is 22.4 Å². The zero-order valence-electron chi connectivity index (χ0n) is 12.8. The average molecular weight is 346 g/mol. The summed E-state index contributed by atoms with van der Waals surface area (Å²) in [5.41, 5.74) is 6.50. The van der Waals surface area contributed by atoms with Crippen LogP contribution >= 0.6 is 23.7 Å². The van der Waals surface area contributed by atoms with Crippen LogP contribution in [0.4, 0.5) is 0 Å². The van der Waals surface area contributed by atoms with E-state index in [0.29, 0.717) is 31.5 Å². The van der Waals surface area contributed by atoms with E-state index >= 15 is 0 Å². The van der Waals surface area contributed by atoms with Crippen molar-refractivity contribution in [3.8, 4) is 0 Å². The molecule has 124 valence electrons. The van der Waals surface area contributed by atoms with Crippen molar-refractivity contribution in [2.45, 2.75) is 26.2 Å². The molecule has 0 aliphatic carbocycles. The van der Waals surface area contributed by atoms with Gasteiger partial charge in [-0.1, -0.05) is 6.92 Å². The third-order valence-electron chi connectivity index (χ3n) is 4.04. The lowest BCUT2D eigenvalue weighted by Gasteiger charge is -2.22. The summed E-state index contributed by atoms with van der Waals surface area (Å²) in [6.07, 6.45) is 2.12. The van der Waals surface area contributed by atoms with E-state index in [1.54, 1.807) is 6.07 Å². The van der Waals surface area contributed by atoms with Gasteiger partial charge in [-0.2, -0.15) is 11.3 Å². The molecule has 1 aliphatic rings. The molecular formula is C15H24ClN3O2S. The SMILES string of the molecule is CC1(CN)CCN(C(=O)CCCNC(=O)c2ccsc2)C1.Cl. The molecule has 1 aromatic heterocycles. The van der Waals surface area contributed by atoms with Gasteiger partial charge < -0.3 is 16.0 Å². The zero-order chi connectivity index (χ0) is 15.3. The van der Waals surface area contributed by atoms with Crippen LogP contribution < -0.4 is 11.1 Å². The summed E-state index contributed by atoms with van der Waals surface area (Å²) in [5.74, 6) is 0.0949. The first kappa shape index (κ1) is 18.9. The monoisotopic (exact) mass is 345 g/mol. The maximum Gasteiger partial charge on any atom is 0.252 e. The first-order valence-corrected chi connectivity index (χ1v) is 8.27. The van der Waals surface area contributed by atoms with Gasteiger partial charge in [0.2, 0.25) is 5.91 Å².